The summed E-state index contributed by atoms with van der Waals surface area (Å²) < 4.78 is 13.1. The highest BCUT2D eigenvalue weighted by Crippen LogP contribution is 2.32. The zero-order valence-electron chi connectivity index (χ0n) is 9.62. The monoisotopic (exact) mass is 223 g/mol. The standard InChI is InChI=1S/C13H18FNO/c1-2-15-8-6-13(16,7-9-15)11-4-3-5-12(14)10-11/h3-5,10,16H,2,6-9H2,1H3. The van der Waals surface area contributed by atoms with Crippen LogP contribution in [0.3, 0.4) is 0 Å². The van der Waals surface area contributed by atoms with Crippen molar-refractivity contribution >= 4 is 0 Å². The van der Waals surface area contributed by atoms with Crippen LogP contribution in [0.2, 0.25) is 0 Å². The Bertz CT molecular complexity index is 359. The van der Waals surface area contributed by atoms with Gasteiger partial charge in [-0.25, -0.2) is 4.39 Å². The molecule has 0 radical (unpaired) electrons. The van der Waals surface area contributed by atoms with Gasteiger partial charge < -0.3 is 10.0 Å². The number of aliphatic hydroxyl groups is 1. The molecule has 0 atom stereocenters. The molecule has 0 bridgehead atoms. The maximum atomic E-state index is 13.1. The van der Waals surface area contributed by atoms with E-state index in [1.807, 2.05) is 6.07 Å². The molecule has 1 fully saturated rings. The Morgan fingerprint density at radius 1 is 1.38 bits per heavy atom. The smallest absolute Gasteiger partial charge is 0.123 e. The van der Waals surface area contributed by atoms with Crippen molar-refractivity contribution in [2.75, 3.05) is 19.6 Å². The Kier molecular flexibility index (Phi) is 3.26. The van der Waals surface area contributed by atoms with Gasteiger partial charge in [-0.05, 0) is 37.1 Å². The van der Waals surface area contributed by atoms with Crippen molar-refractivity contribution in [3.05, 3.63) is 35.6 Å². The molecule has 1 aromatic rings. The molecule has 3 heteroatoms. The first-order chi connectivity index (χ1) is 7.64. The lowest BCUT2D eigenvalue weighted by atomic mass is 9.84. The number of hydrogen-bond acceptors (Lipinski definition) is 2. The largest absolute Gasteiger partial charge is 0.385 e. The zero-order valence-corrected chi connectivity index (χ0v) is 9.62. The molecular formula is C13H18FNO. The van der Waals surface area contributed by atoms with Crippen molar-refractivity contribution in [1.29, 1.82) is 0 Å². The van der Waals surface area contributed by atoms with Crippen molar-refractivity contribution < 1.29 is 9.50 Å². The molecule has 2 rings (SSSR count). The van der Waals surface area contributed by atoms with E-state index in [9.17, 15) is 9.50 Å². The molecule has 0 aliphatic carbocycles. The summed E-state index contributed by atoms with van der Waals surface area (Å²) in [6.45, 7) is 4.89. The third kappa shape index (κ3) is 2.25. The first kappa shape index (κ1) is 11.6. The molecule has 0 amide bonds. The highest BCUT2D eigenvalue weighted by molar-refractivity contribution is 5.24. The fourth-order valence-corrected chi connectivity index (χ4v) is 2.31. The molecule has 1 aromatic carbocycles. The molecule has 0 saturated carbocycles. The van der Waals surface area contributed by atoms with E-state index >= 15 is 0 Å². The Morgan fingerprint density at radius 2 is 2.06 bits per heavy atom. The minimum atomic E-state index is -0.840. The summed E-state index contributed by atoms with van der Waals surface area (Å²) in [6.07, 6.45) is 1.37. The van der Waals surface area contributed by atoms with E-state index in [-0.39, 0.29) is 5.82 Å². The number of rotatable bonds is 2. The second-order valence-electron chi connectivity index (χ2n) is 4.48. The first-order valence-corrected chi connectivity index (χ1v) is 5.85. The van der Waals surface area contributed by atoms with Crippen LogP contribution in [0.4, 0.5) is 4.39 Å². The van der Waals surface area contributed by atoms with E-state index in [4.69, 9.17) is 0 Å². The molecule has 0 unspecified atom stereocenters. The van der Waals surface area contributed by atoms with Crippen LogP contribution in [-0.2, 0) is 5.60 Å². The minimum Gasteiger partial charge on any atom is -0.385 e. The van der Waals surface area contributed by atoms with Gasteiger partial charge >= 0.3 is 0 Å². The Hall–Kier alpha value is -0.930. The Balaban J connectivity index is 2.15. The quantitative estimate of drug-likeness (QED) is 0.830. The minimum absolute atomic E-state index is 0.274. The average Bonchev–Trinajstić information content (AvgIpc) is 2.30. The number of piperidine rings is 1. The van der Waals surface area contributed by atoms with E-state index in [0.29, 0.717) is 18.4 Å². The van der Waals surface area contributed by atoms with Crippen molar-refractivity contribution in [1.82, 2.24) is 4.90 Å². The van der Waals surface area contributed by atoms with Gasteiger partial charge in [0.05, 0.1) is 5.60 Å². The molecule has 1 aliphatic heterocycles. The molecule has 2 nitrogen and oxygen atoms in total. The maximum absolute atomic E-state index is 13.1. The van der Waals surface area contributed by atoms with Crippen LogP contribution in [0, 0.1) is 5.82 Å². The molecule has 1 aliphatic rings. The second kappa shape index (κ2) is 4.52. The SMILES string of the molecule is CCN1CCC(O)(c2cccc(F)c2)CC1. The molecule has 88 valence electrons. The van der Waals surface area contributed by atoms with Crippen LogP contribution in [0.25, 0.3) is 0 Å². The van der Waals surface area contributed by atoms with Crippen LogP contribution >= 0.6 is 0 Å². The molecule has 1 N–H and O–H groups in total. The fourth-order valence-electron chi connectivity index (χ4n) is 2.31. The predicted octanol–water partition coefficient (Wildman–Crippen LogP) is 2.13. The highest BCUT2D eigenvalue weighted by atomic mass is 19.1. The van der Waals surface area contributed by atoms with Crippen LogP contribution in [-0.4, -0.2) is 29.6 Å². The lowest BCUT2D eigenvalue weighted by Crippen LogP contribution is -2.42. The van der Waals surface area contributed by atoms with Crippen LogP contribution < -0.4 is 0 Å². The predicted molar refractivity (Wildman–Crippen MR) is 61.6 cm³/mol. The van der Waals surface area contributed by atoms with Gasteiger partial charge in [0.1, 0.15) is 5.82 Å². The lowest BCUT2D eigenvalue weighted by Gasteiger charge is -2.38. The first-order valence-electron chi connectivity index (χ1n) is 5.85. The van der Waals surface area contributed by atoms with E-state index in [1.54, 1.807) is 6.07 Å². The van der Waals surface area contributed by atoms with Crippen molar-refractivity contribution in [3.8, 4) is 0 Å². The summed E-state index contributed by atoms with van der Waals surface area (Å²) in [7, 11) is 0. The van der Waals surface area contributed by atoms with Gasteiger partial charge in [0.15, 0.2) is 0 Å². The number of likely N-dealkylation sites (tertiary alicyclic amines) is 1. The summed E-state index contributed by atoms with van der Waals surface area (Å²) in [5.41, 5.74) is -0.128. The molecular weight excluding hydrogens is 205 g/mol. The fraction of sp³-hybridized carbons (Fsp3) is 0.538. The van der Waals surface area contributed by atoms with E-state index < -0.39 is 5.60 Å². The summed E-state index contributed by atoms with van der Waals surface area (Å²) in [5.74, 6) is -0.274. The summed E-state index contributed by atoms with van der Waals surface area (Å²) in [4.78, 5) is 2.30. The van der Waals surface area contributed by atoms with Gasteiger partial charge in [-0.15, -0.1) is 0 Å². The van der Waals surface area contributed by atoms with Gasteiger partial charge in [0.25, 0.3) is 0 Å². The van der Waals surface area contributed by atoms with Crippen molar-refractivity contribution in [2.24, 2.45) is 0 Å². The second-order valence-corrected chi connectivity index (χ2v) is 4.48. The maximum Gasteiger partial charge on any atom is 0.123 e. The molecule has 1 heterocycles. The van der Waals surface area contributed by atoms with Crippen molar-refractivity contribution in [3.63, 3.8) is 0 Å². The van der Waals surface area contributed by atoms with Gasteiger partial charge in [-0.1, -0.05) is 19.1 Å². The van der Waals surface area contributed by atoms with Crippen LogP contribution in [0.1, 0.15) is 25.3 Å². The lowest BCUT2D eigenvalue weighted by molar-refractivity contribution is -0.0249. The average molecular weight is 223 g/mol. The normalized spacial score (nSPS) is 20.9. The van der Waals surface area contributed by atoms with E-state index in [1.165, 1.54) is 12.1 Å². The topological polar surface area (TPSA) is 23.5 Å². The third-order valence-electron chi connectivity index (χ3n) is 3.49. The summed E-state index contributed by atoms with van der Waals surface area (Å²) in [5, 5.41) is 10.5. The van der Waals surface area contributed by atoms with Gasteiger partial charge in [0, 0.05) is 13.1 Å². The number of hydrogen-bond donors (Lipinski definition) is 1. The van der Waals surface area contributed by atoms with Crippen molar-refractivity contribution in [2.45, 2.75) is 25.4 Å². The molecule has 0 spiro atoms. The molecule has 16 heavy (non-hydrogen) atoms. The van der Waals surface area contributed by atoms with Gasteiger partial charge in [0.2, 0.25) is 0 Å². The van der Waals surface area contributed by atoms with E-state index in [2.05, 4.69) is 11.8 Å². The molecule has 1 saturated heterocycles. The Morgan fingerprint density at radius 3 is 2.62 bits per heavy atom. The zero-order chi connectivity index (χ0) is 11.6. The third-order valence-corrected chi connectivity index (χ3v) is 3.49. The Labute approximate surface area is 95.7 Å². The number of halogens is 1. The van der Waals surface area contributed by atoms with E-state index in [0.717, 1.165) is 19.6 Å². The number of benzene rings is 1. The van der Waals surface area contributed by atoms with Gasteiger partial charge in [-0.3, -0.25) is 0 Å². The molecule has 0 aromatic heterocycles. The van der Waals surface area contributed by atoms with Gasteiger partial charge in [-0.2, -0.15) is 0 Å². The number of nitrogens with zero attached hydrogens (tertiary/aromatic N) is 1. The highest BCUT2D eigenvalue weighted by Gasteiger charge is 2.33. The van der Waals surface area contributed by atoms with Crippen LogP contribution in [0.15, 0.2) is 24.3 Å². The summed E-state index contributed by atoms with van der Waals surface area (Å²) >= 11 is 0. The summed E-state index contributed by atoms with van der Waals surface area (Å²) in [6, 6.07) is 6.33. The van der Waals surface area contributed by atoms with Crippen LogP contribution in [0.5, 0.6) is 0 Å².